The van der Waals surface area contributed by atoms with Crippen molar-refractivity contribution in [3.8, 4) is 11.8 Å². The second-order valence-corrected chi connectivity index (χ2v) is 4.21. The van der Waals surface area contributed by atoms with Crippen LogP contribution in [0.2, 0.25) is 5.02 Å². The van der Waals surface area contributed by atoms with Crippen LogP contribution in [0.1, 0.15) is 31.7 Å². The first-order valence-corrected chi connectivity index (χ1v) is 6.24. The van der Waals surface area contributed by atoms with Crippen LogP contribution in [0.3, 0.4) is 0 Å². The van der Waals surface area contributed by atoms with Gasteiger partial charge in [-0.05, 0) is 24.6 Å². The van der Waals surface area contributed by atoms with Crippen molar-refractivity contribution in [3.05, 3.63) is 28.8 Å². The van der Waals surface area contributed by atoms with Crippen molar-refractivity contribution < 1.29 is 9.90 Å². The first-order valence-electron chi connectivity index (χ1n) is 5.86. The van der Waals surface area contributed by atoms with Gasteiger partial charge < -0.3 is 10.4 Å². The van der Waals surface area contributed by atoms with Crippen molar-refractivity contribution in [2.45, 2.75) is 26.2 Å². The van der Waals surface area contributed by atoms with Crippen molar-refractivity contribution in [2.75, 3.05) is 11.9 Å². The van der Waals surface area contributed by atoms with Crippen molar-refractivity contribution in [1.29, 1.82) is 0 Å². The Morgan fingerprint density at radius 3 is 2.94 bits per heavy atom. The summed E-state index contributed by atoms with van der Waals surface area (Å²) in [4.78, 5) is 11.6. The van der Waals surface area contributed by atoms with Crippen LogP contribution in [0, 0.1) is 11.8 Å². The summed E-state index contributed by atoms with van der Waals surface area (Å²) < 4.78 is 0. The minimum Gasteiger partial charge on any atom is -0.384 e. The molecule has 0 saturated heterocycles. The molecule has 0 bridgehead atoms. The fraction of sp³-hybridized carbons (Fsp3) is 0.357. The van der Waals surface area contributed by atoms with E-state index in [9.17, 15) is 4.79 Å². The molecular weight excluding hydrogens is 250 g/mol. The number of carbonyl (C=O) groups is 1. The molecule has 0 atom stereocenters. The van der Waals surface area contributed by atoms with E-state index in [1.165, 1.54) is 0 Å². The number of nitrogens with one attached hydrogen (secondary N) is 1. The molecule has 3 nitrogen and oxygen atoms in total. The van der Waals surface area contributed by atoms with Gasteiger partial charge in [0, 0.05) is 12.0 Å². The molecule has 2 N–H and O–H groups in total. The number of carbonyl (C=O) groups excluding carboxylic acids is 1. The number of amides is 1. The number of hydrogen-bond acceptors (Lipinski definition) is 2. The minimum absolute atomic E-state index is 0.0500. The van der Waals surface area contributed by atoms with Crippen molar-refractivity contribution in [3.63, 3.8) is 0 Å². The molecule has 0 aromatic heterocycles. The summed E-state index contributed by atoms with van der Waals surface area (Å²) in [6.45, 7) is 1.84. The molecule has 96 valence electrons. The van der Waals surface area contributed by atoms with Gasteiger partial charge in [-0.2, -0.15) is 0 Å². The number of anilines is 1. The van der Waals surface area contributed by atoms with Crippen LogP contribution in [-0.2, 0) is 4.79 Å². The van der Waals surface area contributed by atoms with Gasteiger partial charge >= 0.3 is 0 Å². The molecule has 1 rings (SSSR count). The van der Waals surface area contributed by atoms with Crippen molar-refractivity contribution in [1.82, 2.24) is 0 Å². The molecule has 0 aliphatic heterocycles. The number of unbranched alkanes of at least 4 members (excludes halogenated alkanes) is 1. The number of benzene rings is 1. The van der Waals surface area contributed by atoms with Gasteiger partial charge in [0.15, 0.2) is 0 Å². The second-order valence-electron chi connectivity index (χ2n) is 3.81. The molecule has 18 heavy (non-hydrogen) atoms. The van der Waals surface area contributed by atoms with Gasteiger partial charge in [-0.15, -0.1) is 0 Å². The Morgan fingerprint density at radius 2 is 2.28 bits per heavy atom. The van der Waals surface area contributed by atoms with E-state index in [0.29, 0.717) is 22.7 Å². The summed E-state index contributed by atoms with van der Waals surface area (Å²) in [7, 11) is 0. The number of halogens is 1. The van der Waals surface area contributed by atoms with E-state index in [4.69, 9.17) is 16.7 Å². The SMILES string of the molecule is CCCCC(=O)Nc1cc(C#CCO)ccc1Cl. The van der Waals surface area contributed by atoms with Gasteiger partial charge in [0.05, 0.1) is 10.7 Å². The maximum atomic E-state index is 11.6. The van der Waals surface area contributed by atoms with Crippen molar-refractivity contribution >= 4 is 23.2 Å². The molecule has 1 aromatic rings. The molecule has 1 aromatic carbocycles. The smallest absolute Gasteiger partial charge is 0.224 e. The van der Waals surface area contributed by atoms with E-state index >= 15 is 0 Å². The maximum absolute atomic E-state index is 11.6. The van der Waals surface area contributed by atoms with Gasteiger partial charge in [-0.1, -0.05) is 36.8 Å². The normalized spacial score (nSPS) is 9.50. The van der Waals surface area contributed by atoms with Crippen LogP contribution in [0.15, 0.2) is 18.2 Å². The lowest BCUT2D eigenvalue weighted by molar-refractivity contribution is -0.116. The third kappa shape index (κ3) is 4.79. The van der Waals surface area contributed by atoms with Gasteiger partial charge in [0.2, 0.25) is 5.91 Å². The lowest BCUT2D eigenvalue weighted by Gasteiger charge is -2.07. The molecule has 0 unspecified atom stereocenters. The zero-order valence-electron chi connectivity index (χ0n) is 10.3. The van der Waals surface area contributed by atoms with Crippen LogP contribution < -0.4 is 5.32 Å². The standard InChI is InChI=1S/C14H16ClNO2/c1-2-3-6-14(18)16-13-10-11(5-4-9-17)7-8-12(13)15/h7-8,10,17H,2-3,6,9H2,1H3,(H,16,18). The van der Waals surface area contributed by atoms with Crippen LogP contribution in [0.5, 0.6) is 0 Å². The summed E-state index contributed by atoms with van der Waals surface area (Å²) in [5.41, 5.74) is 1.27. The average Bonchev–Trinajstić information content (AvgIpc) is 2.37. The zero-order chi connectivity index (χ0) is 13.4. The third-order valence-electron chi connectivity index (χ3n) is 2.31. The highest BCUT2D eigenvalue weighted by molar-refractivity contribution is 6.33. The summed E-state index contributed by atoms with van der Waals surface area (Å²) in [6.07, 6.45) is 2.32. The Balaban J connectivity index is 2.77. The summed E-state index contributed by atoms with van der Waals surface area (Å²) in [5.74, 6) is 5.27. The molecular formula is C14H16ClNO2. The van der Waals surface area contributed by atoms with Crippen molar-refractivity contribution in [2.24, 2.45) is 0 Å². The van der Waals surface area contributed by atoms with Crippen LogP contribution in [-0.4, -0.2) is 17.6 Å². The highest BCUT2D eigenvalue weighted by atomic mass is 35.5. The highest BCUT2D eigenvalue weighted by Gasteiger charge is 2.05. The second kappa shape index (κ2) is 7.75. The number of aliphatic hydroxyl groups excluding tert-OH is 1. The molecule has 4 heteroatoms. The first kappa shape index (κ1) is 14.6. The van der Waals surface area contributed by atoms with E-state index in [0.717, 1.165) is 12.8 Å². The fourth-order valence-corrected chi connectivity index (χ4v) is 1.56. The highest BCUT2D eigenvalue weighted by Crippen LogP contribution is 2.23. The van der Waals surface area contributed by atoms with E-state index in [1.54, 1.807) is 18.2 Å². The predicted octanol–water partition coefficient (Wildman–Crippen LogP) is 2.81. The monoisotopic (exact) mass is 265 g/mol. The molecule has 0 saturated carbocycles. The Hall–Kier alpha value is -1.50. The Bertz CT molecular complexity index is 474. The van der Waals surface area contributed by atoms with Crippen LogP contribution >= 0.6 is 11.6 Å². The maximum Gasteiger partial charge on any atom is 0.224 e. The number of hydrogen-bond donors (Lipinski definition) is 2. The Kier molecular flexibility index (Phi) is 6.27. The quantitative estimate of drug-likeness (QED) is 0.823. The van der Waals surface area contributed by atoms with Gasteiger partial charge in [-0.25, -0.2) is 0 Å². The lowest BCUT2D eigenvalue weighted by Crippen LogP contribution is -2.11. The molecule has 1 amide bonds. The van der Waals surface area contributed by atoms with Gasteiger partial charge in [-0.3, -0.25) is 4.79 Å². The molecule has 0 aliphatic carbocycles. The van der Waals surface area contributed by atoms with Crippen LogP contribution in [0.25, 0.3) is 0 Å². The van der Waals surface area contributed by atoms with E-state index in [-0.39, 0.29) is 12.5 Å². The summed E-state index contributed by atoms with van der Waals surface area (Å²) >= 11 is 6.00. The Labute approximate surface area is 112 Å². The lowest BCUT2D eigenvalue weighted by atomic mass is 10.2. The zero-order valence-corrected chi connectivity index (χ0v) is 11.0. The summed E-state index contributed by atoms with van der Waals surface area (Å²) in [6, 6.07) is 5.12. The molecule has 0 spiro atoms. The predicted molar refractivity (Wildman–Crippen MR) is 73.6 cm³/mol. The minimum atomic E-state index is -0.194. The first-order chi connectivity index (χ1) is 8.67. The number of aliphatic hydroxyl groups is 1. The fourth-order valence-electron chi connectivity index (χ4n) is 1.39. The van der Waals surface area contributed by atoms with Crippen LogP contribution in [0.4, 0.5) is 5.69 Å². The molecule has 0 heterocycles. The largest absolute Gasteiger partial charge is 0.384 e. The average molecular weight is 266 g/mol. The van der Waals surface area contributed by atoms with E-state index in [1.807, 2.05) is 6.92 Å². The molecule has 0 aliphatic rings. The number of rotatable bonds is 4. The van der Waals surface area contributed by atoms with E-state index < -0.39 is 0 Å². The summed E-state index contributed by atoms with van der Waals surface area (Å²) in [5, 5.41) is 11.9. The Morgan fingerprint density at radius 1 is 1.50 bits per heavy atom. The third-order valence-corrected chi connectivity index (χ3v) is 2.64. The van der Waals surface area contributed by atoms with E-state index in [2.05, 4.69) is 17.2 Å². The topological polar surface area (TPSA) is 49.3 Å². The molecule has 0 fully saturated rings. The van der Waals surface area contributed by atoms with Gasteiger partial charge in [0.1, 0.15) is 6.61 Å². The van der Waals surface area contributed by atoms with Gasteiger partial charge in [0.25, 0.3) is 0 Å². The molecule has 0 radical (unpaired) electrons.